The molecular weight excluding hydrogens is 330 g/mol. The highest BCUT2D eigenvalue weighted by Crippen LogP contribution is 2.13. The summed E-state index contributed by atoms with van der Waals surface area (Å²) in [4.78, 5) is 29.2. The predicted octanol–water partition coefficient (Wildman–Crippen LogP) is 1.51. The van der Waals surface area contributed by atoms with Gasteiger partial charge in [-0.25, -0.2) is 0 Å². The van der Waals surface area contributed by atoms with Crippen LogP contribution in [-0.2, 0) is 20.9 Å². The van der Waals surface area contributed by atoms with Gasteiger partial charge in [0.1, 0.15) is 6.04 Å². The molecule has 2 amide bonds. The maximum atomic E-state index is 12.6. The van der Waals surface area contributed by atoms with Gasteiger partial charge in [-0.15, -0.1) is 0 Å². The first kappa shape index (κ1) is 20.4. The second kappa shape index (κ2) is 10.3. The highest BCUT2D eigenvalue weighted by Gasteiger charge is 2.27. The van der Waals surface area contributed by atoms with Crippen LogP contribution >= 0.6 is 0 Å². The molecule has 1 aliphatic rings. The Hall–Kier alpha value is -1.92. The molecule has 1 saturated heterocycles. The Kier molecular flexibility index (Phi) is 8.06. The molecule has 0 aliphatic carbocycles. The van der Waals surface area contributed by atoms with Crippen LogP contribution in [0.15, 0.2) is 30.3 Å². The molecule has 6 heteroatoms. The maximum Gasteiger partial charge on any atom is 0.242 e. The third kappa shape index (κ3) is 6.11. The summed E-state index contributed by atoms with van der Waals surface area (Å²) in [7, 11) is 0. The number of nitrogens with zero attached hydrogens (tertiary/aromatic N) is 2. The minimum Gasteiger partial charge on any atom is -0.379 e. The second-order valence-corrected chi connectivity index (χ2v) is 7.03. The fourth-order valence-corrected chi connectivity index (χ4v) is 2.97. The molecule has 1 unspecified atom stereocenters. The van der Waals surface area contributed by atoms with E-state index in [1.54, 1.807) is 11.8 Å². The molecule has 2 rings (SSSR count). The summed E-state index contributed by atoms with van der Waals surface area (Å²) in [5.41, 5.74) is 1.02. The SMILES string of the molecule is CC(C)C(=O)N(Cc1ccccc1)C(C)C(=O)NCCN1CCOCC1. The summed E-state index contributed by atoms with van der Waals surface area (Å²) in [5.74, 6) is -0.268. The largest absolute Gasteiger partial charge is 0.379 e. The molecule has 1 atom stereocenters. The minimum atomic E-state index is -0.505. The monoisotopic (exact) mass is 361 g/mol. The van der Waals surface area contributed by atoms with Crippen LogP contribution in [0.25, 0.3) is 0 Å². The lowest BCUT2D eigenvalue weighted by Gasteiger charge is -2.31. The van der Waals surface area contributed by atoms with E-state index >= 15 is 0 Å². The van der Waals surface area contributed by atoms with Gasteiger partial charge in [0, 0.05) is 38.6 Å². The molecule has 0 aromatic heterocycles. The number of carbonyl (C=O) groups excluding carboxylic acids is 2. The molecule has 0 spiro atoms. The lowest BCUT2D eigenvalue weighted by atomic mass is 10.1. The molecular formula is C20H31N3O3. The van der Waals surface area contributed by atoms with Gasteiger partial charge in [-0.3, -0.25) is 14.5 Å². The van der Waals surface area contributed by atoms with E-state index in [1.165, 1.54) is 0 Å². The molecule has 0 bridgehead atoms. The van der Waals surface area contributed by atoms with E-state index in [9.17, 15) is 9.59 Å². The Morgan fingerprint density at radius 1 is 1.15 bits per heavy atom. The van der Waals surface area contributed by atoms with Gasteiger partial charge in [0.15, 0.2) is 0 Å². The number of ether oxygens (including phenoxy) is 1. The molecule has 1 aliphatic heterocycles. The van der Waals surface area contributed by atoms with E-state index in [0.717, 1.165) is 38.4 Å². The van der Waals surface area contributed by atoms with Gasteiger partial charge >= 0.3 is 0 Å². The third-order valence-corrected chi connectivity index (χ3v) is 4.65. The second-order valence-electron chi connectivity index (χ2n) is 7.03. The summed E-state index contributed by atoms with van der Waals surface area (Å²) in [5, 5.41) is 2.97. The quantitative estimate of drug-likeness (QED) is 0.762. The third-order valence-electron chi connectivity index (χ3n) is 4.65. The zero-order valence-electron chi connectivity index (χ0n) is 16.1. The average Bonchev–Trinajstić information content (AvgIpc) is 2.66. The number of morpholine rings is 1. The van der Waals surface area contributed by atoms with E-state index in [2.05, 4.69) is 10.2 Å². The zero-order chi connectivity index (χ0) is 18.9. The van der Waals surface area contributed by atoms with Crippen molar-refractivity contribution >= 4 is 11.8 Å². The highest BCUT2D eigenvalue weighted by molar-refractivity contribution is 5.88. The van der Waals surface area contributed by atoms with Gasteiger partial charge in [0.05, 0.1) is 13.2 Å². The van der Waals surface area contributed by atoms with E-state index in [-0.39, 0.29) is 17.7 Å². The van der Waals surface area contributed by atoms with E-state index in [1.807, 2.05) is 44.2 Å². The average molecular weight is 361 g/mol. The summed E-state index contributed by atoms with van der Waals surface area (Å²) in [6.45, 7) is 10.7. The van der Waals surface area contributed by atoms with Gasteiger partial charge in [-0.1, -0.05) is 44.2 Å². The molecule has 0 saturated carbocycles. The van der Waals surface area contributed by atoms with Crippen molar-refractivity contribution in [3.63, 3.8) is 0 Å². The number of nitrogens with one attached hydrogen (secondary N) is 1. The molecule has 1 aromatic carbocycles. The number of hydrogen-bond acceptors (Lipinski definition) is 4. The van der Waals surface area contributed by atoms with Crippen LogP contribution in [0.3, 0.4) is 0 Å². The first-order valence-corrected chi connectivity index (χ1v) is 9.41. The summed E-state index contributed by atoms with van der Waals surface area (Å²) in [6, 6.07) is 9.28. The normalized spacial score (nSPS) is 16.3. The summed E-state index contributed by atoms with van der Waals surface area (Å²) < 4.78 is 5.33. The lowest BCUT2D eigenvalue weighted by molar-refractivity contribution is -0.143. The summed E-state index contributed by atoms with van der Waals surface area (Å²) >= 11 is 0. The number of rotatable bonds is 8. The van der Waals surface area contributed by atoms with E-state index < -0.39 is 6.04 Å². The van der Waals surface area contributed by atoms with Gasteiger partial charge in [0.25, 0.3) is 0 Å². The molecule has 1 fully saturated rings. The molecule has 1 heterocycles. The first-order valence-electron chi connectivity index (χ1n) is 9.41. The molecule has 144 valence electrons. The Morgan fingerprint density at radius 3 is 2.42 bits per heavy atom. The van der Waals surface area contributed by atoms with E-state index in [0.29, 0.717) is 13.1 Å². The predicted molar refractivity (Wildman–Crippen MR) is 102 cm³/mol. The van der Waals surface area contributed by atoms with Crippen molar-refractivity contribution in [1.82, 2.24) is 15.1 Å². The topological polar surface area (TPSA) is 61.9 Å². The van der Waals surface area contributed by atoms with Crippen molar-refractivity contribution in [3.8, 4) is 0 Å². The number of amides is 2. The molecule has 6 nitrogen and oxygen atoms in total. The summed E-state index contributed by atoms with van der Waals surface area (Å²) in [6.07, 6.45) is 0. The van der Waals surface area contributed by atoms with Crippen molar-refractivity contribution in [2.24, 2.45) is 5.92 Å². The van der Waals surface area contributed by atoms with Crippen LogP contribution in [0.4, 0.5) is 0 Å². The standard InChI is InChI=1S/C20H31N3O3/c1-16(2)20(25)23(15-18-7-5-4-6-8-18)17(3)19(24)21-9-10-22-11-13-26-14-12-22/h4-8,16-17H,9-15H2,1-3H3,(H,21,24). The van der Waals surface area contributed by atoms with Crippen LogP contribution in [-0.4, -0.2) is 67.0 Å². The van der Waals surface area contributed by atoms with Gasteiger partial charge in [-0.2, -0.15) is 0 Å². The smallest absolute Gasteiger partial charge is 0.242 e. The van der Waals surface area contributed by atoms with Crippen LogP contribution in [0.2, 0.25) is 0 Å². The van der Waals surface area contributed by atoms with Crippen molar-refractivity contribution in [3.05, 3.63) is 35.9 Å². The molecule has 0 radical (unpaired) electrons. The van der Waals surface area contributed by atoms with Crippen LogP contribution < -0.4 is 5.32 Å². The maximum absolute atomic E-state index is 12.6. The molecule has 26 heavy (non-hydrogen) atoms. The fraction of sp³-hybridized carbons (Fsp3) is 0.600. The minimum absolute atomic E-state index is 0.00955. The van der Waals surface area contributed by atoms with Gasteiger partial charge in [-0.05, 0) is 12.5 Å². The fourth-order valence-electron chi connectivity index (χ4n) is 2.97. The van der Waals surface area contributed by atoms with Crippen molar-refractivity contribution in [2.75, 3.05) is 39.4 Å². The van der Waals surface area contributed by atoms with Crippen molar-refractivity contribution in [1.29, 1.82) is 0 Å². The van der Waals surface area contributed by atoms with Crippen LogP contribution in [0.1, 0.15) is 26.3 Å². The number of carbonyl (C=O) groups is 2. The molecule has 1 N–H and O–H groups in total. The zero-order valence-corrected chi connectivity index (χ0v) is 16.1. The lowest BCUT2D eigenvalue weighted by Crippen LogP contribution is -2.50. The van der Waals surface area contributed by atoms with Crippen LogP contribution in [0, 0.1) is 5.92 Å². The van der Waals surface area contributed by atoms with Crippen molar-refractivity contribution in [2.45, 2.75) is 33.4 Å². The van der Waals surface area contributed by atoms with E-state index in [4.69, 9.17) is 4.74 Å². The van der Waals surface area contributed by atoms with Crippen molar-refractivity contribution < 1.29 is 14.3 Å². The Balaban J connectivity index is 1.92. The number of benzene rings is 1. The van der Waals surface area contributed by atoms with Gasteiger partial charge < -0.3 is 15.0 Å². The Labute approximate surface area is 156 Å². The van der Waals surface area contributed by atoms with Gasteiger partial charge in [0.2, 0.25) is 11.8 Å². The Morgan fingerprint density at radius 2 is 1.81 bits per heavy atom. The highest BCUT2D eigenvalue weighted by atomic mass is 16.5. The van der Waals surface area contributed by atoms with Crippen LogP contribution in [0.5, 0.6) is 0 Å². The molecule has 1 aromatic rings. The first-order chi connectivity index (χ1) is 12.5. The number of hydrogen-bond donors (Lipinski definition) is 1. The Bertz CT molecular complexity index is 571.